The highest BCUT2D eigenvalue weighted by Gasteiger charge is 2.15. The predicted octanol–water partition coefficient (Wildman–Crippen LogP) is 4.86. The SMILES string of the molecule is Cc1ccc(CC(=O)c2c[nH]c3cccc(Cl)c23)cc1C. The maximum absolute atomic E-state index is 12.6. The summed E-state index contributed by atoms with van der Waals surface area (Å²) >= 11 is 6.22. The van der Waals surface area contributed by atoms with E-state index in [-0.39, 0.29) is 5.78 Å². The summed E-state index contributed by atoms with van der Waals surface area (Å²) < 4.78 is 0. The van der Waals surface area contributed by atoms with E-state index in [2.05, 4.69) is 31.0 Å². The number of fused-ring (bicyclic) bond motifs is 1. The summed E-state index contributed by atoms with van der Waals surface area (Å²) in [5, 5.41) is 1.42. The number of hydrogen-bond donors (Lipinski definition) is 1. The van der Waals surface area contributed by atoms with Crippen molar-refractivity contribution in [1.29, 1.82) is 0 Å². The van der Waals surface area contributed by atoms with Gasteiger partial charge in [-0.3, -0.25) is 4.79 Å². The Labute approximate surface area is 128 Å². The summed E-state index contributed by atoms with van der Waals surface area (Å²) in [6.07, 6.45) is 2.14. The zero-order valence-electron chi connectivity index (χ0n) is 12.0. The number of aromatic amines is 1. The third-order valence-corrected chi connectivity index (χ3v) is 4.21. The molecule has 0 saturated heterocycles. The van der Waals surface area contributed by atoms with Crippen LogP contribution in [0.2, 0.25) is 5.02 Å². The van der Waals surface area contributed by atoms with Gasteiger partial charge in [-0.25, -0.2) is 0 Å². The van der Waals surface area contributed by atoms with Crippen molar-refractivity contribution in [2.24, 2.45) is 0 Å². The number of H-pyrrole nitrogens is 1. The number of benzene rings is 2. The second kappa shape index (κ2) is 5.38. The normalized spacial score (nSPS) is 11.0. The molecule has 21 heavy (non-hydrogen) atoms. The molecule has 3 rings (SSSR count). The molecule has 1 heterocycles. The molecule has 0 fully saturated rings. The van der Waals surface area contributed by atoms with Crippen LogP contribution in [0.15, 0.2) is 42.6 Å². The first-order valence-electron chi connectivity index (χ1n) is 6.91. The molecule has 2 aromatic carbocycles. The molecule has 0 unspecified atom stereocenters. The molecule has 3 aromatic rings. The van der Waals surface area contributed by atoms with Crippen molar-refractivity contribution in [3.8, 4) is 0 Å². The van der Waals surface area contributed by atoms with Crippen LogP contribution >= 0.6 is 11.6 Å². The molecule has 0 radical (unpaired) electrons. The number of rotatable bonds is 3. The number of aromatic nitrogens is 1. The Balaban J connectivity index is 1.95. The van der Waals surface area contributed by atoms with E-state index in [1.807, 2.05) is 24.3 Å². The maximum Gasteiger partial charge on any atom is 0.169 e. The van der Waals surface area contributed by atoms with E-state index in [0.29, 0.717) is 17.0 Å². The van der Waals surface area contributed by atoms with Crippen molar-refractivity contribution < 1.29 is 4.79 Å². The molecule has 0 bridgehead atoms. The van der Waals surface area contributed by atoms with Gasteiger partial charge in [-0.2, -0.15) is 0 Å². The summed E-state index contributed by atoms with van der Waals surface area (Å²) in [7, 11) is 0. The summed E-state index contributed by atoms with van der Waals surface area (Å²) in [5.41, 5.74) is 5.03. The smallest absolute Gasteiger partial charge is 0.169 e. The van der Waals surface area contributed by atoms with Gasteiger partial charge in [-0.1, -0.05) is 35.9 Å². The number of ketones is 1. The van der Waals surface area contributed by atoms with Crippen LogP contribution < -0.4 is 0 Å². The van der Waals surface area contributed by atoms with Crippen molar-refractivity contribution >= 4 is 28.3 Å². The van der Waals surface area contributed by atoms with Crippen LogP contribution in [0.4, 0.5) is 0 Å². The van der Waals surface area contributed by atoms with E-state index < -0.39 is 0 Å². The van der Waals surface area contributed by atoms with Gasteiger partial charge in [-0.15, -0.1) is 0 Å². The van der Waals surface area contributed by atoms with Gasteiger partial charge in [0.1, 0.15) is 0 Å². The number of carbonyl (C=O) groups is 1. The maximum atomic E-state index is 12.6. The van der Waals surface area contributed by atoms with Crippen molar-refractivity contribution in [1.82, 2.24) is 4.98 Å². The summed E-state index contributed by atoms with van der Waals surface area (Å²) in [6.45, 7) is 4.13. The monoisotopic (exact) mass is 297 g/mol. The van der Waals surface area contributed by atoms with Crippen LogP contribution in [-0.4, -0.2) is 10.8 Å². The summed E-state index contributed by atoms with van der Waals surface area (Å²) in [5.74, 6) is 0.0811. The quantitative estimate of drug-likeness (QED) is 0.688. The highest BCUT2D eigenvalue weighted by molar-refractivity contribution is 6.36. The lowest BCUT2D eigenvalue weighted by Crippen LogP contribution is -2.03. The molecule has 2 nitrogen and oxygen atoms in total. The van der Waals surface area contributed by atoms with Gasteiger partial charge in [0.15, 0.2) is 5.78 Å². The largest absolute Gasteiger partial charge is 0.360 e. The zero-order valence-corrected chi connectivity index (χ0v) is 12.8. The Kier molecular flexibility index (Phi) is 3.56. The van der Waals surface area contributed by atoms with Gasteiger partial charge in [0.2, 0.25) is 0 Å². The van der Waals surface area contributed by atoms with Crippen LogP contribution in [0.3, 0.4) is 0 Å². The number of aryl methyl sites for hydroxylation is 2. The Bertz CT molecular complexity index is 832. The summed E-state index contributed by atoms with van der Waals surface area (Å²) in [4.78, 5) is 15.7. The molecular weight excluding hydrogens is 282 g/mol. The van der Waals surface area contributed by atoms with Gasteiger partial charge < -0.3 is 4.98 Å². The fourth-order valence-corrected chi connectivity index (χ4v) is 2.83. The van der Waals surface area contributed by atoms with Crippen molar-refractivity contribution in [2.75, 3.05) is 0 Å². The second-order valence-corrected chi connectivity index (χ2v) is 5.79. The first kappa shape index (κ1) is 13.9. The van der Waals surface area contributed by atoms with Gasteiger partial charge in [0, 0.05) is 29.1 Å². The second-order valence-electron chi connectivity index (χ2n) is 5.38. The molecule has 0 spiro atoms. The van der Waals surface area contributed by atoms with Crippen LogP contribution in [0.1, 0.15) is 27.0 Å². The molecule has 0 aliphatic carbocycles. The third kappa shape index (κ3) is 2.59. The molecule has 1 N–H and O–H groups in total. The number of nitrogens with one attached hydrogen (secondary N) is 1. The van der Waals surface area contributed by atoms with Crippen LogP contribution in [0, 0.1) is 13.8 Å². The van der Waals surface area contributed by atoms with Gasteiger partial charge in [0.25, 0.3) is 0 Å². The van der Waals surface area contributed by atoms with Crippen LogP contribution in [0.25, 0.3) is 10.9 Å². The number of halogens is 1. The average Bonchev–Trinajstić information content (AvgIpc) is 2.88. The van der Waals surface area contributed by atoms with Crippen molar-refractivity contribution in [3.05, 3.63) is 69.9 Å². The lowest BCUT2D eigenvalue weighted by atomic mass is 9.99. The average molecular weight is 298 g/mol. The predicted molar refractivity (Wildman–Crippen MR) is 87.3 cm³/mol. The van der Waals surface area contributed by atoms with E-state index in [1.165, 1.54) is 11.1 Å². The topological polar surface area (TPSA) is 32.9 Å². The Hall–Kier alpha value is -2.06. The molecule has 0 saturated carbocycles. The number of Topliss-reactive ketones (excluding diaryl/α,β-unsaturated/α-hetero) is 1. The number of carbonyl (C=O) groups excluding carboxylic acids is 1. The Morgan fingerprint density at radius 3 is 2.71 bits per heavy atom. The van der Waals surface area contributed by atoms with Crippen molar-refractivity contribution in [2.45, 2.75) is 20.3 Å². The molecule has 0 amide bonds. The third-order valence-electron chi connectivity index (χ3n) is 3.89. The molecule has 0 aliphatic heterocycles. The van der Waals surface area contributed by atoms with Crippen molar-refractivity contribution in [3.63, 3.8) is 0 Å². The Morgan fingerprint density at radius 1 is 1.14 bits per heavy atom. The highest BCUT2D eigenvalue weighted by atomic mass is 35.5. The standard InChI is InChI=1S/C18H16ClNO/c1-11-6-7-13(8-12(11)2)9-17(21)14-10-20-16-5-3-4-15(19)18(14)16/h3-8,10,20H,9H2,1-2H3. The van der Waals surface area contributed by atoms with Gasteiger partial charge in [0.05, 0.1) is 5.02 Å². The first-order valence-corrected chi connectivity index (χ1v) is 7.29. The minimum absolute atomic E-state index is 0.0811. The fourth-order valence-electron chi connectivity index (χ4n) is 2.55. The minimum atomic E-state index is 0.0811. The van der Waals surface area contributed by atoms with E-state index >= 15 is 0 Å². The molecule has 1 aromatic heterocycles. The molecular formula is C18H16ClNO. The summed E-state index contributed by atoms with van der Waals surface area (Å²) in [6, 6.07) is 11.7. The van der Waals surface area contributed by atoms with Crippen LogP contribution in [0.5, 0.6) is 0 Å². The van der Waals surface area contributed by atoms with E-state index in [9.17, 15) is 4.79 Å². The molecule has 0 aliphatic rings. The lowest BCUT2D eigenvalue weighted by molar-refractivity contribution is 0.0994. The zero-order chi connectivity index (χ0) is 15.0. The van der Waals surface area contributed by atoms with E-state index in [1.54, 1.807) is 6.20 Å². The Morgan fingerprint density at radius 2 is 1.95 bits per heavy atom. The van der Waals surface area contributed by atoms with E-state index in [4.69, 9.17) is 11.6 Å². The first-order chi connectivity index (χ1) is 10.1. The molecule has 106 valence electrons. The van der Waals surface area contributed by atoms with Gasteiger partial charge in [-0.05, 0) is 42.7 Å². The molecule has 0 atom stereocenters. The fraction of sp³-hybridized carbons (Fsp3) is 0.167. The van der Waals surface area contributed by atoms with E-state index in [0.717, 1.165) is 16.5 Å². The van der Waals surface area contributed by atoms with Gasteiger partial charge >= 0.3 is 0 Å². The highest BCUT2D eigenvalue weighted by Crippen LogP contribution is 2.27. The molecule has 3 heteroatoms. The lowest BCUT2D eigenvalue weighted by Gasteiger charge is -2.05. The number of hydrogen-bond acceptors (Lipinski definition) is 1. The van der Waals surface area contributed by atoms with Crippen LogP contribution in [-0.2, 0) is 6.42 Å². The minimum Gasteiger partial charge on any atom is -0.360 e.